The Labute approximate surface area is 170 Å². The van der Waals surface area contributed by atoms with E-state index in [-0.39, 0.29) is 37.2 Å². The van der Waals surface area contributed by atoms with Gasteiger partial charge in [-0.05, 0) is 36.4 Å². The Bertz CT molecular complexity index is 947. The van der Waals surface area contributed by atoms with Crippen molar-refractivity contribution < 1.29 is 19.5 Å². The Morgan fingerprint density at radius 2 is 1.86 bits per heavy atom. The highest BCUT2D eigenvalue weighted by molar-refractivity contribution is 9.10. The molecule has 2 heterocycles. The third kappa shape index (κ3) is 3.41. The number of anilines is 2. The standard InChI is InChI=1S/C20H18BrN3O4/c21-12-5-7-13(8-6-12)22-18(26)11-24-16-4-2-1-3-15(16)19(27)23-10-14(25)9-17(23)20(24)28/h1-8,14,17,25H,9-11H2,(H,22,26). The number of aliphatic hydroxyl groups excluding tert-OH is 1. The van der Waals surface area contributed by atoms with Gasteiger partial charge in [0.1, 0.15) is 12.6 Å². The van der Waals surface area contributed by atoms with E-state index in [1.807, 2.05) is 0 Å². The molecule has 4 rings (SSSR count). The van der Waals surface area contributed by atoms with Gasteiger partial charge >= 0.3 is 0 Å². The summed E-state index contributed by atoms with van der Waals surface area (Å²) in [6, 6.07) is 13.1. The van der Waals surface area contributed by atoms with Crippen molar-refractivity contribution in [3.8, 4) is 0 Å². The van der Waals surface area contributed by atoms with E-state index < -0.39 is 12.1 Å². The van der Waals surface area contributed by atoms with Crippen LogP contribution in [0, 0.1) is 0 Å². The molecule has 2 unspecified atom stereocenters. The summed E-state index contributed by atoms with van der Waals surface area (Å²) in [5.41, 5.74) is 1.37. The molecule has 2 aromatic rings. The number of nitrogens with one attached hydrogen (secondary N) is 1. The molecule has 8 heteroatoms. The third-order valence-corrected chi connectivity index (χ3v) is 5.47. The lowest BCUT2D eigenvalue weighted by Gasteiger charge is -2.25. The van der Waals surface area contributed by atoms with Crippen LogP contribution in [-0.4, -0.2) is 53.0 Å². The van der Waals surface area contributed by atoms with Gasteiger partial charge in [-0.1, -0.05) is 28.1 Å². The first-order valence-electron chi connectivity index (χ1n) is 8.89. The number of hydrogen-bond acceptors (Lipinski definition) is 4. The van der Waals surface area contributed by atoms with Crippen molar-refractivity contribution in [2.45, 2.75) is 18.6 Å². The number of amides is 3. The summed E-state index contributed by atoms with van der Waals surface area (Å²) < 4.78 is 0.889. The van der Waals surface area contributed by atoms with Crippen LogP contribution in [0.5, 0.6) is 0 Å². The largest absolute Gasteiger partial charge is 0.391 e. The summed E-state index contributed by atoms with van der Waals surface area (Å²) in [6.45, 7) is -0.109. The van der Waals surface area contributed by atoms with E-state index in [0.717, 1.165) is 4.47 Å². The molecule has 7 nitrogen and oxygen atoms in total. The van der Waals surface area contributed by atoms with Crippen LogP contribution in [0.4, 0.5) is 11.4 Å². The number of rotatable bonds is 3. The molecular weight excluding hydrogens is 426 g/mol. The van der Waals surface area contributed by atoms with Gasteiger partial charge in [0.2, 0.25) is 11.8 Å². The summed E-state index contributed by atoms with van der Waals surface area (Å²) in [5.74, 6) is -1.04. The monoisotopic (exact) mass is 443 g/mol. The molecule has 0 radical (unpaired) electrons. The number of aliphatic hydroxyl groups is 1. The molecule has 0 spiro atoms. The highest BCUT2D eigenvalue weighted by Crippen LogP contribution is 2.32. The lowest BCUT2D eigenvalue weighted by Crippen LogP contribution is -2.47. The van der Waals surface area contributed by atoms with E-state index in [1.54, 1.807) is 48.5 Å². The van der Waals surface area contributed by atoms with Gasteiger partial charge in [-0.25, -0.2) is 0 Å². The van der Waals surface area contributed by atoms with E-state index in [0.29, 0.717) is 16.9 Å². The molecule has 0 aromatic heterocycles. The van der Waals surface area contributed by atoms with Gasteiger partial charge < -0.3 is 20.2 Å². The van der Waals surface area contributed by atoms with Crippen LogP contribution < -0.4 is 10.2 Å². The normalized spacial score (nSPS) is 21.2. The Balaban J connectivity index is 1.63. The van der Waals surface area contributed by atoms with E-state index in [9.17, 15) is 19.5 Å². The van der Waals surface area contributed by atoms with E-state index in [2.05, 4.69) is 21.2 Å². The fourth-order valence-corrected chi connectivity index (χ4v) is 3.92. The van der Waals surface area contributed by atoms with Gasteiger partial charge in [-0.2, -0.15) is 0 Å². The maximum atomic E-state index is 13.1. The maximum Gasteiger partial charge on any atom is 0.256 e. The van der Waals surface area contributed by atoms with Gasteiger partial charge in [-0.15, -0.1) is 0 Å². The van der Waals surface area contributed by atoms with E-state index in [1.165, 1.54) is 9.80 Å². The number of nitrogens with zero attached hydrogens (tertiary/aromatic N) is 2. The van der Waals surface area contributed by atoms with Crippen LogP contribution in [0.3, 0.4) is 0 Å². The predicted molar refractivity (Wildman–Crippen MR) is 107 cm³/mol. The van der Waals surface area contributed by atoms with E-state index >= 15 is 0 Å². The Kier molecular flexibility index (Phi) is 4.91. The van der Waals surface area contributed by atoms with Crippen molar-refractivity contribution >= 4 is 45.0 Å². The van der Waals surface area contributed by atoms with Gasteiger partial charge in [0.25, 0.3) is 5.91 Å². The average Bonchev–Trinajstić information content (AvgIpc) is 3.05. The highest BCUT2D eigenvalue weighted by atomic mass is 79.9. The lowest BCUT2D eigenvalue weighted by molar-refractivity contribution is -0.124. The summed E-state index contributed by atoms with van der Waals surface area (Å²) in [7, 11) is 0. The van der Waals surface area contributed by atoms with Crippen LogP contribution in [0.15, 0.2) is 53.0 Å². The van der Waals surface area contributed by atoms with Crippen LogP contribution in [0.25, 0.3) is 0 Å². The number of benzene rings is 2. The van der Waals surface area contributed by atoms with Crippen molar-refractivity contribution in [2.24, 2.45) is 0 Å². The molecule has 2 aliphatic heterocycles. The van der Waals surface area contributed by atoms with Crippen molar-refractivity contribution in [1.82, 2.24) is 4.90 Å². The van der Waals surface area contributed by atoms with Gasteiger partial charge in [0.15, 0.2) is 0 Å². The molecule has 2 N–H and O–H groups in total. The van der Waals surface area contributed by atoms with Crippen molar-refractivity contribution in [3.05, 3.63) is 58.6 Å². The van der Waals surface area contributed by atoms with Crippen LogP contribution >= 0.6 is 15.9 Å². The van der Waals surface area contributed by atoms with Crippen LogP contribution in [0.1, 0.15) is 16.8 Å². The molecule has 3 amide bonds. The number of fused-ring (bicyclic) bond motifs is 2. The topological polar surface area (TPSA) is 90.0 Å². The number of carbonyl (C=O) groups is 3. The zero-order valence-corrected chi connectivity index (χ0v) is 16.4. The molecule has 2 aliphatic rings. The van der Waals surface area contributed by atoms with Gasteiger partial charge in [-0.3, -0.25) is 14.4 Å². The molecule has 0 bridgehead atoms. The summed E-state index contributed by atoms with van der Waals surface area (Å²) in [6.07, 6.45) is -0.578. The minimum atomic E-state index is -0.768. The quantitative estimate of drug-likeness (QED) is 0.758. The van der Waals surface area contributed by atoms with Gasteiger partial charge in [0, 0.05) is 23.1 Å². The number of carbonyl (C=O) groups excluding carboxylic acids is 3. The molecule has 144 valence electrons. The first-order chi connectivity index (χ1) is 13.4. The minimum absolute atomic E-state index is 0.114. The molecule has 1 fully saturated rings. The lowest BCUT2D eigenvalue weighted by atomic mass is 10.1. The van der Waals surface area contributed by atoms with Gasteiger partial charge in [0.05, 0.1) is 17.4 Å². The number of para-hydroxylation sites is 1. The molecule has 1 saturated heterocycles. The van der Waals surface area contributed by atoms with E-state index in [4.69, 9.17) is 0 Å². The number of halogens is 1. The van der Waals surface area contributed by atoms with Crippen molar-refractivity contribution in [3.63, 3.8) is 0 Å². The fourth-order valence-electron chi connectivity index (χ4n) is 3.66. The smallest absolute Gasteiger partial charge is 0.256 e. The molecule has 2 atom stereocenters. The molecule has 28 heavy (non-hydrogen) atoms. The van der Waals surface area contributed by atoms with Crippen molar-refractivity contribution in [1.29, 1.82) is 0 Å². The third-order valence-electron chi connectivity index (χ3n) is 4.95. The maximum absolute atomic E-state index is 13.1. The zero-order chi connectivity index (χ0) is 19.8. The zero-order valence-electron chi connectivity index (χ0n) is 14.8. The first-order valence-corrected chi connectivity index (χ1v) is 9.68. The minimum Gasteiger partial charge on any atom is -0.391 e. The first kappa shape index (κ1) is 18.6. The molecule has 0 saturated carbocycles. The van der Waals surface area contributed by atoms with Crippen LogP contribution in [0.2, 0.25) is 0 Å². The second-order valence-corrected chi connectivity index (χ2v) is 7.78. The predicted octanol–water partition coefficient (Wildman–Crippen LogP) is 2.01. The SMILES string of the molecule is O=C(CN1C(=O)C2CC(O)CN2C(=O)c2ccccc21)Nc1ccc(Br)cc1. The number of hydrogen-bond donors (Lipinski definition) is 2. The Hall–Kier alpha value is -2.71. The van der Waals surface area contributed by atoms with Crippen LogP contribution in [-0.2, 0) is 9.59 Å². The molecule has 0 aliphatic carbocycles. The summed E-state index contributed by atoms with van der Waals surface area (Å²) in [4.78, 5) is 41.4. The Morgan fingerprint density at radius 3 is 2.61 bits per heavy atom. The second-order valence-electron chi connectivity index (χ2n) is 6.86. The average molecular weight is 444 g/mol. The summed E-state index contributed by atoms with van der Waals surface area (Å²) >= 11 is 3.34. The second kappa shape index (κ2) is 7.37. The highest BCUT2D eigenvalue weighted by Gasteiger charge is 2.45. The molecule has 2 aromatic carbocycles. The summed E-state index contributed by atoms with van der Waals surface area (Å²) in [5, 5.41) is 12.7. The molecular formula is C20H18BrN3O4. The Morgan fingerprint density at radius 1 is 1.14 bits per heavy atom. The fraction of sp³-hybridized carbons (Fsp3) is 0.250. The van der Waals surface area contributed by atoms with Crippen molar-refractivity contribution in [2.75, 3.05) is 23.3 Å².